The lowest BCUT2D eigenvalue weighted by atomic mass is 9.71. The summed E-state index contributed by atoms with van der Waals surface area (Å²) in [5, 5.41) is 0. The number of benzene rings is 3. The summed E-state index contributed by atoms with van der Waals surface area (Å²) in [7, 11) is 3.45. The van der Waals surface area contributed by atoms with Gasteiger partial charge in [-0.05, 0) is 59.7 Å². The predicted molar refractivity (Wildman–Crippen MR) is 128 cm³/mol. The Morgan fingerprint density at radius 3 is 2.35 bits per heavy atom. The zero-order chi connectivity index (χ0) is 20.7. The molecule has 0 fully saturated rings. The van der Waals surface area contributed by atoms with Crippen molar-refractivity contribution in [3.63, 3.8) is 0 Å². The molecule has 0 unspecified atom stereocenters. The number of aryl methyl sites for hydroxylation is 2. The fourth-order valence-corrected chi connectivity index (χ4v) is 5.39. The third-order valence-electron chi connectivity index (χ3n) is 6.78. The summed E-state index contributed by atoms with van der Waals surface area (Å²) >= 11 is 0. The number of rotatable bonds is 4. The van der Waals surface area contributed by atoms with E-state index in [1.165, 1.54) is 33.4 Å². The number of hydrogen-bond donors (Lipinski definition) is 0. The maximum absolute atomic E-state index is 5.67. The molecule has 3 aromatic rings. The first-order valence-corrected chi connectivity index (χ1v) is 10.8. The Hall–Kier alpha value is -2.49. The standard InChI is InChI=1S/C27H29NO2.ClH/c1-18-9-11-22-21(13-18)17-28(16-19-7-5-4-6-8-19)24-12-10-20-14-25(29-2)26(30-3)15-23(20)27(22)24;/h4-9,11,13-15,24,27H,10,12,16-17H2,1-3H3;1H/t24-,27-;/m1./s1. The number of nitrogens with zero attached hydrogens (tertiary/aromatic N) is 1. The average Bonchev–Trinajstić information content (AvgIpc) is 2.78. The quantitative estimate of drug-likeness (QED) is 0.509. The van der Waals surface area contributed by atoms with Gasteiger partial charge in [-0.15, -0.1) is 12.4 Å². The summed E-state index contributed by atoms with van der Waals surface area (Å²) in [6, 6.07) is 22.8. The van der Waals surface area contributed by atoms with Crippen LogP contribution in [0.3, 0.4) is 0 Å². The van der Waals surface area contributed by atoms with Crippen LogP contribution < -0.4 is 9.47 Å². The van der Waals surface area contributed by atoms with E-state index in [1.54, 1.807) is 14.2 Å². The lowest BCUT2D eigenvalue weighted by molar-refractivity contribution is 0.132. The summed E-state index contributed by atoms with van der Waals surface area (Å²) in [5.74, 6) is 2.02. The van der Waals surface area contributed by atoms with Crippen molar-refractivity contribution in [2.45, 2.75) is 44.8 Å². The third kappa shape index (κ3) is 3.93. The normalized spacial score (nSPS) is 19.5. The van der Waals surface area contributed by atoms with Gasteiger partial charge < -0.3 is 9.47 Å². The first kappa shape index (κ1) is 21.7. The van der Waals surface area contributed by atoms with E-state index < -0.39 is 0 Å². The molecule has 0 saturated heterocycles. The van der Waals surface area contributed by atoms with Crippen molar-refractivity contribution in [3.05, 3.63) is 94.0 Å². The molecular weight excluding hydrogens is 406 g/mol. The highest BCUT2D eigenvalue weighted by atomic mass is 35.5. The van der Waals surface area contributed by atoms with E-state index in [0.717, 1.165) is 37.4 Å². The van der Waals surface area contributed by atoms with Gasteiger partial charge in [-0.25, -0.2) is 0 Å². The molecule has 31 heavy (non-hydrogen) atoms. The second-order valence-electron chi connectivity index (χ2n) is 8.58. The van der Waals surface area contributed by atoms with E-state index in [1.807, 2.05) is 0 Å². The zero-order valence-electron chi connectivity index (χ0n) is 18.4. The zero-order valence-corrected chi connectivity index (χ0v) is 19.2. The Kier molecular flexibility index (Phi) is 6.27. The number of fused-ring (bicyclic) bond motifs is 5. The molecule has 0 saturated carbocycles. The van der Waals surface area contributed by atoms with Crippen molar-refractivity contribution in [2.75, 3.05) is 14.2 Å². The van der Waals surface area contributed by atoms with Gasteiger partial charge in [0.05, 0.1) is 14.2 Å². The number of ether oxygens (including phenoxy) is 2. The second kappa shape index (κ2) is 8.94. The van der Waals surface area contributed by atoms with E-state index in [0.29, 0.717) is 12.0 Å². The molecule has 0 amide bonds. The first-order chi connectivity index (χ1) is 14.7. The van der Waals surface area contributed by atoms with Gasteiger partial charge in [0.1, 0.15) is 0 Å². The van der Waals surface area contributed by atoms with Crippen molar-refractivity contribution in [3.8, 4) is 11.5 Å². The minimum atomic E-state index is 0. The molecule has 0 spiro atoms. The smallest absolute Gasteiger partial charge is 0.161 e. The van der Waals surface area contributed by atoms with Gasteiger partial charge >= 0.3 is 0 Å². The number of hydrogen-bond acceptors (Lipinski definition) is 3. The van der Waals surface area contributed by atoms with E-state index in [4.69, 9.17) is 9.47 Å². The highest BCUT2D eigenvalue weighted by molar-refractivity contribution is 5.85. The molecule has 4 heteroatoms. The monoisotopic (exact) mass is 435 g/mol. The van der Waals surface area contributed by atoms with Crippen LogP contribution in [0.15, 0.2) is 60.7 Å². The average molecular weight is 436 g/mol. The Labute approximate surface area is 191 Å². The molecule has 2 atom stereocenters. The van der Waals surface area contributed by atoms with Crippen LogP contribution in [-0.4, -0.2) is 25.2 Å². The minimum absolute atomic E-state index is 0. The second-order valence-corrected chi connectivity index (χ2v) is 8.58. The molecule has 0 aromatic heterocycles. The van der Waals surface area contributed by atoms with Gasteiger partial charge in [0.25, 0.3) is 0 Å². The van der Waals surface area contributed by atoms with Gasteiger partial charge in [-0.2, -0.15) is 0 Å². The number of methoxy groups -OCH3 is 2. The maximum Gasteiger partial charge on any atom is 0.161 e. The summed E-state index contributed by atoms with van der Waals surface area (Å²) in [4.78, 5) is 2.68. The molecule has 0 bridgehead atoms. The molecule has 0 radical (unpaired) electrons. The molecule has 2 aliphatic rings. The summed E-state index contributed by atoms with van der Waals surface area (Å²) in [5.41, 5.74) is 8.42. The van der Waals surface area contributed by atoms with E-state index >= 15 is 0 Å². The van der Waals surface area contributed by atoms with Crippen LogP contribution in [0.2, 0.25) is 0 Å². The van der Waals surface area contributed by atoms with Gasteiger partial charge in [0.15, 0.2) is 11.5 Å². The van der Waals surface area contributed by atoms with Crippen LogP contribution in [0.25, 0.3) is 0 Å². The Balaban J connectivity index is 0.00000231. The largest absolute Gasteiger partial charge is 0.493 e. The van der Waals surface area contributed by atoms with Gasteiger partial charge in [0.2, 0.25) is 0 Å². The predicted octanol–water partition coefficient (Wildman–Crippen LogP) is 5.90. The van der Waals surface area contributed by atoms with Gasteiger partial charge in [-0.1, -0.05) is 54.1 Å². The van der Waals surface area contributed by atoms with E-state index in [9.17, 15) is 0 Å². The maximum atomic E-state index is 5.67. The lowest BCUT2D eigenvalue weighted by Gasteiger charge is -2.46. The van der Waals surface area contributed by atoms with Crippen molar-refractivity contribution >= 4 is 12.4 Å². The molecule has 1 heterocycles. The van der Waals surface area contributed by atoms with Crippen LogP contribution in [0.4, 0.5) is 0 Å². The summed E-state index contributed by atoms with van der Waals surface area (Å²) in [6.45, 7) is 4.18. The van der Waals surface area contributed by atoms with Crippen molar-refractivity contribution in [2.24, 2.45) is 0 Å². The summed E-state index contributed by atoms with van der Waals surface area (Å²) < 4.78 is 11.3. The minimum Gasteiger partial charge on any atom is -0.493 e. The molecule has 162 valence electrons. The lowest BCUT2D eigenvalue weighted by Crippen LogP contribution is -2.45. The Morgan fingerprint density at radius 2 is 1.61 bits per heavy atom. The van der Waals surface area contributed by atoms with E-state index in [-0.39, 0.29) is 12.4 Å². The Morgan fingerprint density at radius 1 is 0.871 bits per heavy atom. The molecule has 1 aliphatic carbocycles. The third-order valence-corrected chi connectivity index (χ3v) is 6.78. The van der Waals surface area contributed by atoms with Crippen molar-refractivity contribution in [1.82, 2.24) is 4.90 Å². The molecule has 1 aliphatic heterocycles. The fraction of sp³-hybridized carbons (Fsp3) is 0.333. The molecule has 5 rings (SSSR count). The van der Waals surface area contributed by atoms with Crippen LogP contribution in [0.5, 0.6) is 11.5 Å². The highest BCUT2D eigenvalue weighted by Gasteiger charge is 2.40. The Bertz CT molecular complexity index is 1070. The fourth-order valence-electron chi connectivity index (χ4n) is 5.39. The topological polar surface area (TPSA) is 21.7 Å². The van der Waals surface area contributed by atoms with Crippen LogP contribution >= 0.6 is 12.4 Å². The van der Waals surface area contributed by atoms with Crippen molar-refractivity contribution in [1.29, 1.82) is 0 Å². The molecule has 3 nitrogen and oxygen atoms in total. The van der Waals surface area contributed by atoms with Gasteiger partial charge in [0, 0.05) is 25.0 Å². The van der Waals surface area contributed by atoms with Crippen LogP contribution in [0, 0.1) is 6.92 Å². The van der Waals surface area contributed by atoms with Crippen molar-refractivity contribution < 1.29 is 9.47 Å². The van der Waals surface area contributed by atoms with E-state index in [2.05, 4.69) is 72.5 Å². The molecular formula is C27H30ClNO2. The first-order valence-electron chi connectivity index (χ1n) is 10.8. The SMILES string of the molecule is COc1cc2c(cc1OC)[C@H]1c3ccc(C)cc3CN(Cc3ccccc3)[C@@H]1CC2.Cl. The van der Waals surface area contributed by atoms with Crippen LogP contribution in [0.1, 0.15) is 45.7 Å². The van der Waals surface area contributed by atoms with Gasteiger partial charge in [-0.3, -0.25) is 4.90 Å². The summed E-state index contributed by atoms with van der Waals surface area (Å²) in [6.07, 6.45) is 2.23. The highest BCUT2D eigenvalue weighted by Crippen LogP contribution is 2.47. The van der Waals surface area contributed by atoms with Crippen LogP contribution in [-0.2, 0) is 19.5 Å². The molecule has 3 aromatic carbocycles. The molecule has 0 N–H and O–H groups in total. The number of halogens is 1.